The van der Waals surface area contributed by atoms with Gasteiger partial charge in [0.25, 0.3) is 0 Å². The monoisotopic (exact) mass is 455 g/mol. The lowest BCUT2D eigenvalue weighted by molar-refractivity contribution is -0.422. The molecule has 0 fully saturated rings. The predicted molar refractivity (Wildman–Crippen MR) is 131 cm³/mol. The minimum absolute atomic E-state index is 0.176. The number of nitrogens with zero attached hydrogens (tertiary/aromatic N) is 4. The summed E-state index contributed by atoms with van der Waals surface area (Å²) < 4.78 is 0. The third-order valence-electron chi connectivity index (χ3n) is 5.36. The molecule has 0 atom stereocenters. The molecule has 1 N–H and O–H groups in total. The zero-order valence-corrected chi connectivity index (χ0v) is 19.2. The normalized spacial score (nSPS) is 11.1. The molecule has 0 amide bonds. The lowest BCUT2D eigenvalue weighted by Gasteiger charge is -2.06. The van der Waals surface area contributed by atoms with Crippen molar-refractivity contribution in [2.24, 2.45) is 10.2 Å². The van der Waals surface area contributed by atoms with E-state index in [1.165, 1.54) is 63.9 Å². The van der Waals surface area contributed by atoms with Gasteiger partial charge in [-0.15, -0.1) is 0 Å². The van der Waals surface area contributed by atoms with Crippen LogP contribution in [0.25, 0.3) is 0 Å². The predicted octanol–water partition coefficient (Wildman–Crippen LogP) is 8.25. The molecule has 0 saturated heterocycles. The number of nitro groups is 2. The molecule has 0 heterocycles. The summed E-state index contributed by atoms with van der Waals surface area (Å²) in [5, 5.41) is 33.3. The van der Waals surface area contributed by atoms with E-state index < -0.39 is 21.2 Å². The molecule has 9 heteroatoms. The van der Waals surface area contributed by atoms with E-state index in [-0.39, 0.29) is 5.69 Å². The van der Waals surface area contributed by atoms with E-state index in [4.69, 9.17) is 0 Å². The summed E-state index contributed by atoms with van der Waals surface area (Å²) in [5.74, 6) is 0. The molecule has 2 aromatic carbocycles. The summed E-state index contributed by atoms with van der Waals surface area (Å²) in [5.41, 5.74) is 0.576. The van der Waals surface area contributed by atoms with Crippen LogP contribution in [0.5, 0.6) is 0 Å². The van der Waals surface area contributed by atoms with Crippen molar-refractivity contribution in [2.75, 3.05) is 11.9 Å². The molecular formula is C24H33N5O4. The molecular weight excluding hydrogens is 422 g/mol. The van der Waals surface area contributed by atoms with Crippen LogP contribution in [0.15, 0.2) is 52.7 Å². The number of benzene rings is 2. The fraction of sp³-hybridized carbons (Fsp3) is 0.500. The van der Waals surface area contributed by atoms with Gasteiger partial charge in [-0.25, -0.2) is 0 Å². The van der Waals surface area contributed by atoms with E-state index >= 15 is 0 Å². The number of hydrogen-bond donors (Lipinski definition) is 1. The minimum Gasteiger partial charge on any atom is -0.385 e. The maximum atomic E-state index is 11.0. The standard InChI is InChI=1S/C24H33N5O4/c1-2-3-4-5-6-7-8-9-10-11-18-25-20-12-14-21(15-13-20)26-27-22-16-17-23(28(30)31)24(19-22)29(32)33/h12-17,19,25H,2-11,18H2,1H3. The smallest absolute Gasteiger partial charge is 0.348 e. The van der Waals surface area contributed by atoms with E-state index in [0.29, 0.717) is 5.69 Å². The van der Waals surface area contributed by atoms with Crippen LogP contribution in [0.3, 0.4) is 0 Å². The van der Waals surface area contributed by atoms with E-state index in [0.717, 1.165) is 30.8 Å². The van der Waals surface area contributed by atoms with E-state index in [1.54, 1.807) is 12.1 Å². The average molecular weight is 456 g/mol. The van der Waals surface area contributed by atoms with Crippen molar-refractivity contribution >= 4 is 28.4 Å². The summed E-state index contributed by atoms with van der Waals surface area (Å²) in [4.78, 5) is 20.3. The van der Waals surface area contributed by atoms with Crippen LogP contribution in [0.1, 0.15) is 71.1 Å². The summed E-state index contributed by atoms with van der Waals surface area (Å²) in [6.07, 6.45) is 13.1. The summed E-state index contributed by atoms with van der Waals surface area (Å²) in [6.45, 7) is 3.17. The molecule has 0 aliphatic heterocycles. The highest BCUT2D eigenvalue weighted by molar-refractivity contribution is 5.60. The molecule has 178 valence electrons. The van der Waals surface area contributed by atoms with E-state index in [9.17, 15) is 20.2 Å². The number of nitrogens with one attached hydrogen (secondary N) is 1. The second kappa shape index (κ2) is 14.7. The van der Waals surface area contributed by atoms with Crippen LogP contribution in [0.2, 0.25) is 0 Å². The first-order chi connectivity index (χ1) is 16.0. The Kier molecular flexibility index (Phi) is 11.5. The summed E-state index contributed by atoms with van der Waals surface area (Å²) in [6, 6.07) is 10.8. The molecule has 0 unspecified atom stereocenters. The number of hydrogen-bond acceptors (Lipinski definition) is 7. The van der Waals surface area contributed by atoms with Crippen LogP contribution >= 0.6 is 0 Å². The highest BCUT2D eigenvalue weighted by Crippen LogP contribution is 2.31. The van der Waals surface area contributed by atoms with Gasteiger partial charge in [-0.3, -0.25) is 20.2 Å². The fourth-order valence-electron chi connectivity index (χ4n) is 3.48. The number of unbranched alkanes of at least 4 members (excludes halogenated alkanes) is 9. The van der Waals surface area contributed by atoms with Crippen molar-refractivity contribution < 1.29 is 9.85 Å². The molecule has 0 aliphatic carbocycles. The lowest BCUT2D eigenvalue weighted by Crippen LogP contribution is -2.00. The first-order valence-electron chi connectivity index (χ1n) is 11.7. The molecule has 2 rings (SSSR count). The van der Waals surface area contributed by atoms with Gasteiger partial charge >= 0.3 is 11.4 Å². The van der Waals surface area contributed by atoms with Gasteiger partial charge in [-0.05, 0) is 36.8 Å². The molecule has 0 aliphatic rings. The minimum atomic E-state index is -0.799. The zero-order chi connectivity index (χ0) is 23.9. The Morgan fingerprint density at radius 3 is 1.79 bits per heavy atom. The summed E-state index contributed by atoms with van der Waals surface area (Å²) in [7, 11) is 0. The van der Waals surface area contributed by atoms with Crippen molar-refractivity contribution in [1.29, 1.82) is 0 Å². The highest BCUT2D eigenvalue weighted by atomic mass is 16.6. The van der Waals surface area contributed by atoms with Gasteiger partial charge in [0.05, 0.1) is 27.3 Å². The van der Waals surface area contributed by atoms with Gasteiger partial charge in [-0.2, -0.15) is 10.2 Å². The van der Waals surface area contributed by atoms with Crippen LogP contribution in [-0.4, -0.2) is 16.4 Å². The van der Waals surface area contributed by atoms with Crippen molar-refractivity contribution in [1.82, 2.24) is 0 Å². The Balaban J connectivity index is 1.71. The summed E-state index contributed by atoms with van der Waals surface area (Å²) >= 11 is 0. The Hall–Kier alpha value is -3.36. The largest absolute Gasteiger partial charge is 0.385 e. The Morgan fingerprint density at radius 1 is 0.697 bits per heavy atom. The quantitative estimate of drug-likeness (QED) is 0.118. The van der Waals surface area contributed by atoms with E-state index in [1.807, 2.05) is 12.1 Å². The van der Waals surface area contributed by atoms with Gasteiger partial charge in [0.1, 0.15) is 0 Å². The van der Waals surface area contributed by atoms with Gasteiger partial charge in [0, 0.05) is 18.3 Å². The number of rotatable bonds is 16. The van der Waals surface area contributed by atoms with Crippen LogP contribution in [-0.2, 0) is 0 Å². The second-order valence-corrected chi connectivity index (χ2v) is 8.04. The molecule has 9 nitrogen and oxygen atoms in total. The second-order valence-electron chi connectivity index (χ2n) is 8.04. The molecule has 0 spiro atoms. The molecule has 33 heavy (non-hydrogen) atoms. The third-order valence-corrected chi connectivity index (χ3v) is 5.36. The lowest BCUT2D eigenvalue weighted by atomic mass is 10.1. The topological polar surface area (TPSA) is 123 Å². The van der Waals surface area contributed by atoms with E-state index in [2.05, 4.69) is 22.5 Å². The third kappa shape index (κ3) is 9.76. The fourth-order valence-corrected chi connectivity index (χ4v) is 3.48. The van der Waals surface area contributed by atoms with Crippen LogP contribution in [0.4, 0.5) is 28.4 Å². The van der Waals surface area contributed by atoms with Gasteiger partial charge in [0.15, 0.2) is 0 Å². The van der Waals surface area contributed by atoms with Crippen molar-refractivity contribution in [2.45, 2.75) is 71.1 Å². The first-order valence-corrected chi connectivity index (χ1v) is 11.7. The first kappa shape index (κ1) is 25.9. The molecule has 0 bridgehead atoms. The Bertz CT molecular complexity index is 916. The Morgan fingerprint density at radius 2 is 1.21 bits per heavy atom. The average Bonchev–Trinajstić information content (AvgIpc) is 2.81. The number of azo groups is 1. The number of anilines is 1. The van der Waals surface area contributed by atoms with Gasteiger partial charge < -0.3 is 5.32 Å². The van der Waals surface area contributed by atoms with Crippen molar-refractivity contribution in [3.05, 3.63) is 62.7 Å². The van der Waals surface area contributed by atoms with Crippen LogP contribution in [0, 0.1) is 20.2 Å². The van der Waals surface area contributed by atoms with Crippen molar-refractivity contribution in [3.8, 4) is 0 Å². The van der Waals surface area contributed by atoms with Crippen molar-refractivity contribution in [3.63, 3.8) is 0 Å². The number of nitro benzene ring substituents is 2. The molecule has 0 aromatic heterocycles. The zero-order valence-electron chi connectivity index (χ0n) is 19.2. The Labute approximate surface area is 194 Å². The molecule has 0 radical (unpaired) electrons. The highest BCUT2D eigenvalue weighted by Gasteiger charge is 2.24. The SMILES string of the molecule is CCCCCCCCCCCCNc1ccc(N=Nc2ccc([N+](=O)[O-])c([N+](=O)[O-])c2)cc1. The maximum absolute atomic E-state index is 11.0. The van der Waals surface area contributed by atoms with Crippen LogP contribution < -0.4 is 5.32 Å². The van der Waals surface area contributed by atoms with Gasteiger partial charge in [0.2, 0.25) is 0 Å². The molecule has 0 saturated carbocycles. The van der Waals surface area contributed by atoms with Gasteiger partial charge in [-0.1, -0.05) is 64.7 Å². The molecule has 2 aromatic rings. The maximum Gasteiger partial charge on any atom is 0.348 e.